The lowest BCUT2D eigenvalue weighted by molar-refractivity contribution is 0.0953. The van der Waals surface area contributed by atoms with Crippen molar-refractivity contribution in [1.29, 1.82) is 0 Å². The molecule has 3 nitrogen and oxygen atoms in total. The van der Waals surface area contributed by atoms with Crippen molar-refractivity contribution in [2.45, 2.75) is 32.2 Å². The number of nitrogens with one attached hydrogen (secondary N) is 1. The van der Waals surface area contributed by atoms with Crippen LogP contribution in [0.4, 0.5) is 0 Å². The number of aliphatic hydroxyl groups excluding tert-OH is 1. The molecule has 2 rings (SSSR count). The quantitative estimate of drug-likeness (QED) is 0.816. The first-order chi connectivity index (χ1) is 8.76. The Hall–Kier alpha value is -1.31. The molecule has 2 unspecified atom stereocenters. The van der Waals surface area contributed by atoms with Crippen molar-refractivity contribution in [1.82, 2.24) is 5.32 Å². The van der Waals surface area contributed by atoms with Crippen LogP contribution in [0, 0.1) is 17.8 Å². The van der Waals surface area contributed by atoms with Gasteiger partial charge in [-0.15, -0.1) is 11.3 Å². The van der Waals surface area contributed by atoms with Gasteiger partial charge in [-0.3, -0.25) is 4.79 Å². The maximum absolute atomic E-state index is 12.1. The predicted molar refractivity (Wildman–Crippen MR) is 72.6 cm³/mol. The van der Waals surface area contributed by atoms with Gasteiger partial charge in [0.05, 0.1) is 6.61 Å². The number of amides is 1. The van der Waals surface area contributed by atoms with E-state index in [4.69, 9.17) is 5.11 Å². The standard InChI is InChI=1S/C14H17NO2S/c1-2-10-9-12(10)15-14(17)13-11(6-8-18-13)5-3-4-7-16/h6,8,10,12,16H,2,4,7,9H2,1H3,(H,15,17). The summed E-state index contributed by atoms with van der Waals surface area (Å²) < 4.78 is 0. The summed E-state index contributed by atoms with van der Waals surface area (Å²) in [4.78, 5) is 12.7. The van der Waals surface area contributed by atoms with Crippen LogP contribution >= 0.6 is 11.3 Å². The van der Waals surface area contributed by atoms with E-state index < -0.39 is 0 Å². The maximum Gasteiger partial charge on any atom is 0.262 e. The van der Waals surface area contributed by atoms with Crippen molar-refractivity contribution in [2.75, 3.05) is 6.61 Å². The van der Waals surface area contributed by atoms with Gasteiger partial charge in [-0.1, -0.05) is 25.2 Å². The highest BCUT2D eigenvalue weighted by molar-refractivity contribution is 7.12. The van der Waals surface area contributed by atoms with Crippen molar-refractivity contribution in [2.24, 2.45) is 5.92 Å². The molecule has 2 N–H and O–H groups in total. The molecule has 1 aliphatic carbocycles. The number of hydrogen-bond donors (Lipinski definition) is 2. The smallest absolute Gasteiger partial charge is 0.262 e. The fourth-order valence-corrected chi connectivity index (χ4v) is 2.66. The molecule has 1 aromatic heterocycles. The lowest BCUT2D eigenvalue weighted by Crippen LogP contribution is -2.26. The van der Waals surface area contributed by atoms with E-state index in [2.05, 4.69) is 24.1 Å². The Morgan fingerprint density at radius 3 is 3.17 bits per heavy atom. The van der Waals surface area contributed by atoms with Gasteiger partial charge in [-0.25, -0.2) is 0 Å². The fraction of sp³-hybridized carbons (Fsp3) is 0.500. The van der Waals surface area contributed by atoms with E-state index in [1.165, 1.54) is 11.3 Å². The number of aliphatic hydroxyl groups is 1. The molecular weight excluding hydrogens is 246 g/mol. The second-order valence-electron chi connectivity index (χ2n) is 4.42. The third-order valence-electron chi connectivity index (χ3n) is 3.09. The van der Waals surface area contributed by atoms with Crippen LogP contribution in [0.25, 0.3) is 0 Å². The Bertz CT molecular complexity index is 483. The average Bonchev–Trinajstić information content (AvgIpc) is 2.94. The van der Waals surface area contributed by atoms with Gasteiger partial charge in [-0.05, 0) is 23.8 Å². The van der Waals surface area contributed by atoms with E-state index >= 15 is 0 Å². The summed E-state index contributed by atoms with van der Waals surface area (Å²) in [6, 6.07) is 2.21. The second-order valence-corrected chi connectivity index (χ2v) is 5.34. The second kappa shape index (κ2) is 6.03. The molecule has 1 fully saturated rings. The molecule has 96 valence electrons. The van der Waals surface area contributed by atoms with Crippen LogP contribution in [-0.2, 0) is 0 Å². The topological polar surface area (TPSA) is 49.3 Å². The molecule has 2 atom stereocenters. The van der Waals surface area contributed by atoms with Gasteiger partial charge in [0, 0.05) is 18.0 Å². The Morgan fingerprint density at radius 1 is 1.67 bits per heavy atom. The largest absolute Gasteiger partial charge is 0.395 e. The van der Waals surface area contributed by atoms with Crippen LogP contribution < -0.4 is 5.32 Å². The Morgan fingerprint density at radius 2 is 2.50 bits per heavy atom. The summed E-state index contributed by atoms with van der Waals surface area (Å²) in [6.45, 7) is 2.20. The van der Waals surface area contributed by atoms with Crippen LogP contribution in [0.3, 0.4) is 0 Å². The highest BCUT2D eigenvalue weighted by Crippen LogP contribution is 2.33. The Labute approximate surface area is 111 Å². The summed E-state index contributed by atoms with van der Waals surface area (Å²) >= 11 is 1.42. The lowest BCUT2D eigenvalue weighted by atomic mass is 10.2. The molecule has 1 saturated carbocycles. The van der Waals surface area contributed by atoms with Gasteiger partial charge in [-0.2, -0.15) is 0 Å². The minimum absolute atomic E-state index is 0.0146. The number of rotatable bonds is 4. The van der Waals surface area contributed by atoms with Crippen molar-refractivity contribution >= 4 is 17.2 Å². The first-order valence-electron chi connectivity index (χ1n) is 6.24. The zero-order valence-corrected chi connectivity index (χ0v) is 11.2. The molecule has 0 aromatic carbocycles. The first-order valence-corrected chi connectivity index (χ1v) is 7.12. The molecule has 1 amide bonds. The highest BCUT2D eigenvalue weighted by Gasteiger charge is 2.36. The summed E-state index contributed by atoms with van der Waals surface area (Å²) in [7, 11) is 0. The summed E-state index contributed by atoms with van der Waals surface area (Å²) in [5, 5.41) is 13.6. The molecule has 18 heavy (non-hydrogen) atoms. The van der Waals surface area contributed by atoms with Gasteiger partial charge < -0.3 is 10.4 Å². The lowest BCUT2D eigenvalue weighted by Gasteiger charge is -2.02. The van der Waals surface area contributed by atoms with Gasteiger partial charge >= 0.3 is 0 Å². The molecule has 0 bridgehead atoms. The zero-order chi connectivity index (χ0) is 13.0. The number of thiophene rings is 1. The summed E-state index contributed by atoms with van der Waals surface area (Å²) in [5.41, 5.74) is 0.764. The van der Waals surface area contributed by atoms with Crippen LogP contribution in [0.1, 0.15) is 41.4 Å². The third-order valence-corrected chi connectivity index (χ3v) is 4.01. The van der Waals surface area contributed by atoms with E-state index in [0.717, 1.165) is 18.4 Å². The minimum atomic E-state index is -0.0146. The van der Waals surface area contributed by atoms with E-state index in [9.17, 15) is 4.79 Å². The molecule has 4 heteroatoms. The van der Waals surface area contributed by atoms with Gasteiger partial charge in [0.1, 0.15) is 4.88 Å². The zero-order valence-electron chi connectivity index (χ0n) is 10.4. The molecule has 0 aliphatic heterocycles. The van der Waals surface area contributed by atoms with Crippen molar-refractivity contribution in [3.05, 3.63) is 21.9 Å². The van der Waals surface area contributed by atoms with E-state index in [-0.39, 0.29) is 12.5 Å². The van der Waals surface area contributed by atoms with Crippen LogP contribution in [0.5, 0.6) is 0 Å². The van der Waals surface area contributed by atoms with E-state index in [0.29, 0.717) is 23.3 Å². The molecule has 0 radical (unpaired) electrons. The highest BCUT2D eigenvalue weighted by atomic mass is 32.1. The molecule has 0 saturated heterocycles. The number of carbonyl (C=O) groups excluding carboxylic acids is 1. The van der Waals surface area contributed by atoms with Crippen molar-refractivity contribution in [3.63, 3.8) is 0 Å². The number of carbonyl (C=O) groups is 1. The first kappa shape index (κ1) is 13.1. The minimum Gasteiger partial charge on any atom is -0.395 e. The Kier molecular flexibility index (Phi) is 4.40. The van der Waals surface area contributed by atoms with Gasteiger partial charge in [0.2, 0.25) is 0 Å². The molecule has 1 aromatic rings. The average molecular weight is 263 g/mol. The monoisotopic (exact) mass is 263 g/mol. The molecule has 0 spiro atoms. The normalized spacial score (nSPS) is 21.0. The maximum atomic E-state index is 12.1. The van der Waals surface area contributed by atoms with Gasteiger partial charge in [0.15, 0.2) is 0 Å². The van der Waals surface area contributed by atoms with Crippen molar-refractivity contribution < 1.29 is 9.90 Å². The van der Waals surface area contributed by atoms with E-state index in [1.807, 2.05) is 11.4 Å². The fourth-order valence-electron chi connectivity index (χ4n) is 1.91. The van der Waals surface area contributed by atoms with Crippen LogP contribution in [0.15, 0.2) is 11.4 Å². The molecule has 1 heterocycles. The van der Waals surface area contributed by atoms with Crippen molar-refractivity contribution in [3.8, 4) is 11.8 Å². The summed E-state index contributed by atoms with van der Waals surface area (Å²) in [5.74, 6) is 6.42. The molecular formula is C14H17NO2S. The third kappa shape index (κ3) is 3.12. The van der Waals surface area contributed by atoms with Crippen LogP contribution in [0.2, 0.25) is 0 Å². The van der Waals surface area contributed by atoms with Gasteiger partial charge in [0.25, 0.3) is 5.91 Å². The predicted octanol–water partition coefficient (Wildman–Crippen LogP) is 2.01. The molecule has 1 aliphatic rings. The Balaban J connectivity index is 1.98. The van der Waals surface area contributed by atoms with Crippen LogP contribution in [-0.4, -0.2) is 23.7 Å². The number of hydrogen-bond acceptors (Lipinski definition) is 3. The summed E-state index contributed by atoms with van der Waals surface area (Å²) in [6.07, 6.45) is 2.66. The van der Waals surface area contributed by atoms with E-state index in [1.54, 1.807) is 0 Å². The SMILES string of the molecule is CCC1CC1NC(=O)c1sccc1C#CCCO.